The number of nitrogens with zero attached hydrogens (tertiary/aromatic N) is 2. The number of likely N-dealkylation sites (N-methyl/N-ethyl adjacent to an activating group) is 1. The number of aromatic nitrogens is 1. The molecule has 1 aromatic rings. The van der Waals surface area contributed by atoms with Crippen molar-refractivity contribution in [1.29, 1.82) is 0 Å². The molecule has 1 saturated heterocycles. The maximum absolute atomic E-state index is 5.49. The van der Waals surface area contributed by atoms with Gasteiger partial charge in [0.15, 0.2) is 0 Å². The molecule has 1 unspecified atom stereocenters. The monoisotopic (exact) mass is 227 g/mol. The Kier molecular flexibility index (Phi) is 4.08. The molecule has 0 aliphatic carbocycles. The number of rotatable bonds is 4. The van der Waals surface area contributed by atoms with Gasteiger partial charge in [-0.25, -0.2) is 0 Å². The average Bonchev–Trinajstić information content (AvgIpc) is 2.74. The predicted molar refractivity (Wildman–Crippen MR) is 61.1 cm³/mol. The van der Waals surface area contributed by atoms with Crippen LogP contribution in [0.4, 0.5) is 0 Å². The normalized spacial score (nSPS) is 23.1. The lowest BCUT2D eigenvalue weighted by molar-refractivity contribution is -0.00986. The highest BCUT2D eigenvalue weighted by atomic mass is 32.1. The Hall–Kier alpha value is -0.490. The summed E-state index contributed by atoms with van der Waals surface area (Å²) >= 11 is 1.72. The van der Waals surface area contributed by atoms with Gasteiger partial charge < -0.3 is 10.1 Å². The molecule has 2 heterocycles. The van der Waals surface area contributed by atoms with Crippen LogP contribution in [0, 0.1) is 0 Å². The highest BCUT2D eigenvalue weighted by molar-refractivity contribution is 7.09. The summed E-state index contributed by atoms with van der Waals surface area (Å²) in [7, 11) is 1.99. The Balaban J connectivity index is 1.92. The average molecular weight is 227 g/mol. The zero-order valence-electron chi connectivity index (χ0n) is 8.98. The number of nitrogens with one attached hydrogen (secondary N) is 1. The predicted octanol–water partition coefficient (Wildman–Crippen LogP) is 0.563. The van der Waals surface area contributed by atoms with Crippen molar-refractivity contribution in [3.63, 3.8) is 0 Å². The van der Waals surface area contributed by atoms with Crippen LogP contribution in [-0.2, 0) is 11.3 Å². The highest BCUT2D eigenvalue weighted by Crippen LogP contribution is 2.14. The molecule has 0 saturated carbocycles. The topological polar surface area (TPSA) is 37.4 Å². The maximum Gasteiger partial charge on any atom is 0.0794 e. The fourth-order valence-corrected chi connectivity index (χ4v) is 2.46. The van der Waals surface area contributed by atoms with Crippen molar-refractivity contribution in [1.82, 2.24) is 15.2 Å². The third-order valence-corrected chi connectivity index (χ3v) is 3.40. The van der Waals surface area contributed by atoms with Gasteiger partial charge in [0.2, 0.25) is 0 Å². The van der Waals surface area contributed by atoms with Gasteiger partial charge in [-0.15, -0.1) is 11.3 Å². The van der Waals surface area contributed by atoms with Gasteiger partial charge in [0.1, 0.15) is 0 Å². The Bertz CT molecular complexity index is 276. The smallest absolute Gasteiger partial charge is 0.0794 e. The van der Waals surface area contributed by atoms with E-state index < -0.39 is 0 Å². The molecule has 1 aromatic heterocycles. The molecule has 15 heavy (non-hydrogen) atoms. The summed E-state index contributed by atoms with van der Waals surface area (Å²) < 4.78 is 5.49. The van der Waals surface area contributed by atoms with Crippen molar-refractivity contribution in [3.8, 4) is 0 Å². The number of morpholine rings is 1. The molecule has 5 heteroatoms. The second-order valence-corrected chi connectivity index (χ2v) is 4.70. The Morgan fingerprint density at radius 2 is 2.67 bits per heavy atom. The van der Waals surface area contributed by atoms with Crippen molar-refractivity contribution in [3.05, 3.63) is 16.6 Å². The zero-order valence-corrected chi connectivity index (χ0v) is 9.80. The van der Waals surface area contributed by atoms with Gasteiger partial charge in [0.25, 0.3) is 0 Å². The van der Waals surface area contributed by atoms with E-state index >= 15 is 0 Å². The fraction of sp³-hybridized carbons (Fsp3) is 0.700. The number of ether oxygens (including phenoxy) is 1. The molecule has 0 bridgehead atoms. The SMILES string of the molecule is CNCC1COCCN1Cc1cncs1. The fourth-order valence-electron chi connectivity index (χ4n) is 1.84. The Morgan fingerprint density at radius 1 is 1.73 bits per heavy atom. The molecule has 0 amide bonds. The first kappa shape index (κ1) is 11.0. The van der Waals surface area contributed by atoms with E-state index in [1.807, 2.05) is 18.8 Å². The molecule has 0 radical (unpaired) electrons. The van der Waals surface area contributed by atoms with Gasteiger partial charge in [-0.1, -0.05) is 0 Å². The van der Waals surface area contributed by atoms with Gasteiger partial charge in [0.05, 0.1) is 18.7 Å². The second kappa shape index (κ2) is 5.55. The van der Waals surface area contributed by atoms with Crippen LogP contribution >= 0.6 is 11.3 Å². The summed E-state index contributed by atoms with van der Waals surface area (Å²) in [5.74, 6) is 0. The van der Waals surface area contributed by atoms with Crippen molar-refractivity contribution in [2.24, 2.45) is 0 Å². The molecule has 0 aromatic carbocycles. The number of hydrogen-bond donors (Lipinski definition) is 1. The quantitative estimate of drug-likeness (QED) is 0.816. The zero-order chi connectivity index (χ0) is 10.5. The lowest BCUT2D eigenvalue weighted by atomic mass is 10.2. The van der Waals surface area contributed by atoms with E-state index in [-0.39, 0.29) is 0 Å². The number of thiazole rings is 1. The summed E-state index contributed by atoms with van der Waals surface area (Å²) in [5, 5.41) is 3.21. The van der Waals surface area contributed by atoms with Crippen molar-refractivity contribution < 1.29 is 4.74 Å². The van der Waals surface area contributed by atoms with Crippen LogP contribution in [0.2, 0.25) is 0 Å². The summed E-state index contributed by atoms with van der Waals surface area (Å²) in [6, 6.07) is 0.492. The van der Waals surface area contributed by atoms with Crippen molar-refractivity contribution >= 4 is 11.3 Å². The van der Waals surface area contributed by atoms with Gasteiger partial charge in [-0.2, -0.15) is 0 Å². The second-order valence-electron chi connectivity index (χ2n) is 3.72. The van der Waals surface area contributed by atoms with Crippen LogP contribution in [0.15, 0.2) is 11.7 Å². The van der Waals surface area contributed by atoms with E-state index in [0.29, 0.717) is 6.04 Å². The molecule has 1 fully saturated rings. The first-order valence-electron chi connectivity index (χ1n) is 5.24. The van der Waals surface area contributed by atoms with E-state index in [9.17, 15) is 0 Å². The van der Waals surface area contributed by atoms with E-state index in [4.69, 9.17) is 4.74 Å². The largest absolute Gasteiger partial charge is 0.378 e. The molecular weight excluding hydrogens is 210 g/mol. The summed E-state index contributed by atoms with van der Waals surface area (Å²) in [4.78, 5) is 7.90. The first-order chi connectivity index (χ1) is 7.40. The van der Waals surface area contributed by atoms with Crippen molar-refractivity contribution in [2.45, 2.75) is 12.6 Å². The summed E-state index contributed by atoms with van der Waals surface area (Å²) in [6.07, 6.45) is 1.95. The lowest BCUT2D eigenvalue weighted by Gasteiger charge is -2.35. The van der Waals surface area contributed by atoms with E-state index in [2.05, 4.69) is 15.2 Å². The van der Waals surface area contributed by atoms with Crippen LogP contribution in [0.5, 0.6) is 0 Å². The molecule has 1 aliphatic rings. The van der Waals surface area contributed by atoms with Crippen LogP contribution in [0.1, 0.15) is 4.88 Å². The van der Waals surface area contributed by atoms with Crippen LogP contribution in [0.3, 0.4) is 0 Å². The molecule has 4 nitrogen and oxygen atoms in total. The third kappa shape index (κ3) is 2.98. The number of hydrogen-bond acceptors (Lipinski definition) is 5. The van der Waals surface area contributed by atoms with Gasteiger partial charge in [-0.05, 0) is 7.05 Å². The minimum Gasteiger partial charge on any atom is -0.378 e. The highest BCUT2D eigenvalue weighted by Gasteiger charge is 2.22. The van der Waals surface area contributed by atoms with Crippen LogP contribution in [0.25, 0.3) is 0 Å². The van der Waals surface area contributed by atoms with Gasteiger partial charge >= 0.3 is 0 Å². The Labute approximate surface area is 94.3 Å². The van der Waals surface area contributed by atoms with Gasteiger partial charge in [-0.3, -0.25) is 9.88 Å². The summed E-state index contributed by atoms with van der Waals surface area (Å²) in [5.41, 5.74) is 1.89. The molecule has 84 valence electrons. The molecule has 2 rings (SSSR count). The molecule has 0 spiro atoms. The minimum absolute atomic E-state index is 0.492. The van der Waals surface area contributed by atoms with E-state index in [1.54, 1.807) is 11.3 Å². The molecule has 1 atom stereocenters. The van der Waals surface area contributed by atoms with Crippen molar-refractivity contribution in [2.75, 3.05) is 33.4 Å². The Morgan fingerprint density at radius 3 is 3.40 bits per heavy atom. The van der Waals surface area contributed by atoms with E-state index in [1.165, 1.54) is 4.88 Å². The molecular formula is C10H17N3OS. The molecule has 1 aliphatic heterocycles. The van der Waals surface area contributed by atoms with Crippen LogP contribution in [-0.4, -0.2) is 49.3 Å². The van der Waals surface area contributed by atoms with E-state index in [0.717, 1.165) is 32.8 Å². The minimum atomic E-state index is 0.492. The van der Waals surface area contributed by atoms with Crippen LogP contribution < -0.4 is 5.32 Å². The molecule has 1 N–H and O–H groups in total. The first-order valence-corrected chi connectivity index (χ1v) is 6.12. The maximum atomic E-state index is 5.49. The third-order valence-electron chi connectivity index (χ3n) is 2.63. The van der Waals surface area contributed by atoms with Gasteiger partial charge in [0, 0.05) is 36.8 Å². The standard InChI is InChI=1S/C10H17N3OS/c1-11-4-9-7-14-3-2-13(9)6-10-5-12-8-15-10/h5,8-9,11H,2-4,6-7H2,1H3. The summed E-state index contributed by atoms with van der Waals surface area (Å²) in [6.45, 7) is 4.68. The lowest BCUT2D eigenvalue weighted by Crippen LogP contribution is -2.49.